The molecule has 1 aliphatic rings. The van der Waals surface area contributed by atoms with Crippen molar-refractivity contribution in [2.24, 2.45) is 0 Å². The summed E-state index contributed by atoms with van der Waals surface area (Å²) in [6.45, 7) is 4.10. The SMILES string of the molecule is CC/C=C\C/C=C\C/C=C\C/C=C\C/C=C\CCCC(=O)OC(COCCCCCCCCCCCCCC/C=C\CCCCCCCCCC)COP(=O)(O)OC1C(O)C(O)C(O)C(O)C1O. The van der Waals surface area contributed by atoms with Crippen molar-refractivity contribution in [2.75, 3.05) is 19.8 Å². The summed E-state index contributed by atoms with van der Waals surface area (Å²) in [5.74, 6) is -0.533. The first-order valence-corrected chi connectivity index (χ1v) is 28.3. The van der Waals surface area contributed by atoms with Crippen molar-refractivity contribution in [3.63, 3.8) is 0 Å². The molecule has 0 aromatic heterocycles. The molecule has 1 rings (SSSR count). The van der Waals surface area contributed by atoms with E-state index in [9.17, 15) is 39.8 Å². The number of hydrogen-bond acceptors (Lipinski definition) is 11. The van der Waals surface area contributed by atoms with Crippen LogP contribution in [0.15, 0.2) is 72.9 Å². The lowest BCUT2D eigenvalue weighted by Gasteiger charge is -2.41. The van der Waals surface area contributed by atoms with Crippen LogP contribution in [-0.4, -0.2) is 98.9 Å². The highest BCUT2D eigenvalue weighted by molar-refractivity contribution is 7.47. The van der Waals surface area contributed by atoms with Gasteiger partial charge in [-0.05, 0) is 77.0 Å². The Kier molecular flexibility index (Phi) is 41.9. The number of carbonyl (C=O) groups is 1. The van der Waals surface area contributed by atoms with E-state index in [1.807, 2.05) is 12.2 Å². The summed E-state index contributed by atoms with van der Waals surface area (Å²) in [6, 6.07) is 0. The van der Waals surface area contributed by atoms with E-state index < -0.39 is 63.1 Å². The Morgan fingerprint density at radius 2 is 0.868 bits per heavy atom. The van der Waals surface area contributed by atoms with Crippen LogP contribution in [0.5, 0.6) is 0 Å². The molecule has 6 atom stereocenters. The summed E-state index contributed by atoms with van der Waals surface area (Å²) in [5.41, 5.74) is 0. The first-order chi connectivity index (χ1) is 33.0. The fourth-order valence-corrected chi connectivity index (χ4v) is 8.83. The van der Waals surface area contributed by atoms with Gasteiger partial charge in [0.2, 0.25) is 0 Å². The molecule has 68 heavy (non-hydrogen) atoms. The molecule has 6 unspecified atom stereocenters. The number of unbranched alkanes of at least 4 members (excludes halogenated alkanes) is 21. The minimum absolute atomic E-state index is 0.102. The largest absolute Gasteiger partial charge is 0.472 e. The van der Waals surface area contributed by atoms with Crippen LogP contribution in [0.3, 0.4) is 0 Å². The molecular formula is C55H97O12P. The molecule has 0 aromatic rings. The topological polar surface area (TPSA) is 192 Å². The molecule has 1 saturated carbocycles. The number of esters is 1. The molecule has 12 nitrogen and oxygen atoms in total. The molecule has 0 heterocycles. The summed E-state index contributed by atoms with van der Waals surface area (Å²) in [6.07, 6.45) is 47.0. The maximum absolute atomic E-state index is 12.9. The zero-order chi connectivity index (χ0) is 49.8. The highest BCUT2D eigenvalue weighted by Gasteiger charge is 2.51. The maximum Gasteiger partial charge on any atom is 0.472 e. The molecule has 0 aromatic carbocycles. The highest BCUT2D eigenvalue weighted by atomic mass is 31.2. The minimum Gasteiger partial charge on any atom is -0.457 e. The van der Waals surface area contributed by atoms with E-state index in [1.54, 1.807) is 0 Å². The van der Waals surface area contributed by atoms with Gasteiger partial charge in [0.05, 0.1) is 13.2 Å². The second-order valence-electron chi connectivity index (χ2n) is 18.3. The van der Waals surface area contributed by atoms with E-state index in [-0.39, 0.29) is 13.0 Å². The average molecular weight is 981 g/mol. The third-order valence-corrected chi connectivity index (χ3v) is 13.0. The second kappa shape index (κ2) is 44.7. The Bertz CT molecular complexity index is 1400. The van der Waals surface area contributed by atoms with Gasteiger partial charge in [-0.15, -0.1) is 0 Å². The van der Waals surface area contributed by atoms with Crippen molar-refractivity contribution in [1.82, 2.24) is 0 Å². The van der Waals surface area contributed by atoms with Crippen molar-refractivity contribution in [1.29, 1.82) is 0 Å². The molecule has 394 valence electrons. The first kappa shape index (κ1) is 63.8. The van der Waals surface area contributed by atoms with Gasteiger partial charge in [-0.25, -0.2) is 4.57 Å². The molecule has 1 aliphatic carbocycles. The average Bonchev–Trinajstić information content (AvgIpc) is 3.32. The summed E-state index contributed by atoms with van der Waals surface area (Å²) in [7, 11) is -5.04. The number of rotatable bonds is 45. The summed E-state index contributed by atoms with van der Waals surface area (Å²) in [5, 5.41) is 50.3. The lowest BCUT2D eigenvalue weighted by molar-refractivity contribution is -0.220. The zero-order valence-corrected chi connectivity index (χ0v) is 43.3. The monoisotopic (exact) mass is 981 g/mol. The lowest BCUT2D eigenvalue weighted by Crippen LogP contribution is -2.64. The summed E-state index contributed by atoms with van der Waals surface area (Å²) in [4.78, 5) is 23.2. The van der Waals surface area contributed by atoms with Crippen LogP contribution in [0, 0.1) is 0 Å². The Balaban J connectivity index is 2.33. The first-order valence-electron chi connectivity index (χ1n) is 26.8. The quantitative estimate of drug-likeness (QED) is 0.0147. The fraction of sp³-hybridized carbons (Fsp3) is 0.764. The number of allylic oxidation sites excluding steroid dienone is 12. The van der Waals surface area contributed by atoms with Crippen molar-refractivity contribution in [2.45, 2.75) is 249 Å². The Morgan fingerprint density at radius 1 is 0.485 bits per heavy atom. The molecule has 13 heteroatoms. The third-order valence-electron chi connectivity index (χ3n) is 12.1. The van der Waals surface area contributed by atoms with Gasteiger partial charge in [-0.1, -0.05) is 196 Å². The molecule has 0 saturated heterocycles. The van der Waals surface area contributed by atoms with Gasteiger partial charge in [-0.3, -0.25) is 13.8 Å². The van der Waals surface area contributed by atoms with Crippen molar-refractivity contribution < 1.29 is 58.3 Å². The van der Waals surface area contributed by atoms with Gasteiger partial charge >= 0.3 is 13.8 Å². The Morgan fingerprint density at radius 3 is 1.34 bits per heavy atom. The van der Waals surface area contributed by atoms with Crippen molar-refractivity contribution in [3.8, 4) is 0 Å². The van der Waals surface area contributed by atoms with Crippen LogP contribution in [0.2, 0.25) is 0 Å². The van der Waals surface area contributed by atoms with Crippen molar-refractivity contribution >= 4 is 13.8 Å². The van der Waals surface area contributed by atoms with E-state index in [1.165, 1.54) is 122 Å². The van der Waals surface area contributed by atoms with E-state index in [0.29, 0.717) is 19.4 Å². The number of aliphatic hydroxyl groups excluding tert-OH is 5. The molecule has 0 spiro atoms. The van der Waals surface area contributed by atoms with Gasteiger partial charge in [-0.2, -0.15) is 0 Å². The van der Waals surface area contributed by atoms with Gasteiger partial charge < -0.3 is 39.9 Å². The predicted molar refractivity (Wildman–Crippen MR) is 276 cm³/mol. The molecule has 0 aliphatic heterocycles. The summed E-state index contributed by atoms with van der Waals surface area (Å²) < 4.78 is 34.3. The van der Waals surface area contributed by atoms with Gasteiger partial charge in [0.1, 0.15) is 42.7 Å². The molecule has 0 bridgehead atoms. The van der Waals surface area contributed by atoms with E-state index in [0.717, 1.165) is 51.4 Å². The number of carbonyl (C=O) groups excluding carboxylic acids is 1. The molecule has 6 N–H and O–H groups in total. The fourth-order valence-electron chi connectivity index (χ4n) is 7.86. The van der Waals surface area contributed by atoms with E-state index in [4.69, 9.17) is 18.5 Å². The van der Waals surface area contributed by atoms with Crippen LogP contribution in [0.1, 0.15) is 206 Å². The van der Waals surface area contributed by atoms with Crippen LogP contribution in [-0.2, 0) is 27.9 Å². The highest BCUT2D eigenvalue weighted by Crippen LogP contribution is 2.47. The van der Waals surface area contributed by atoms with Crippen molar-refractivity contribution in [3.05, 3.63) is 72.9 Å². The minimum atomic E-state index is -5.04. The molecule has 0 radical (unpaired) electrons. The standard InChI is InChI=1S/C55H97O12P/c1-3-5-7-9-11-13-15-17-19-21-22-23-24-25-26-27-29-31-33-35-37-39-41-43-45-64-46-48(47-65-68(62,63)67-55-53(60)51(58)50(57)52(59)54(55)61)66-49(56)44-42-40-38-36-34-32-30-28-20-18-16-14-12-10-8-6-4-2/h6,8,12,14,18,20-22,30,32,36,38,48,50-55,57-61H,3-5,7,9-11,13,15-17,19,23-29,31,33-35,37,39-47H2,1-2H3,(H,62,63)/b8-6-,14-12-,20-18-,22-21-,32-30-,38-36-. The zero-order valence-electron chi connectivity index (χ0n) is 42.4. The molecule has 0 amide bonds. The Hall–Kier alpha value is -2.22. The maximum atomic E-state index is 12.9. The van der Waals surface area contributed by atoms with Gasteiger partial charge in [0, 0.05) is 13.0 Å². The van der Waals surface area contributed by atoms with Crippen LogP contribution >= 0.6 is 7.82 Å². The lowest BCUT2D eigenvalue weighted by atomic mass is 9.85. The Labute approximate surface area is 412 Å². The van der Waals surface area contributed by atoms with Crippen LogP contribution in [0.25, 0.3) is 0 Å². The van der Waals surface area contributed by atoms with Gasteiger partial charge in [0.25, 0.3) is 0 Å². The smallest absolute Gasteiger partial charge is 0.457 e. The van der Waals surface area contributed by atoms with E-state index in [2.05, 4.69) is 74.6 Å². The third kappa shape index (κ3) is 35.8. The van der Waals surface area contributed by atoms with Crippen LogP contribution in [0.4, 0.5) is 0 Å². The molecular weight excluding hydrogens is 884 g/mol. The number of phosphoric acid groups is 1. The number of aliphatic hydroxyl groups is 5. The molecule has 1 fully saturated rings. The number of ether oxygens (including phenoxy) is 2. The summed E-state index contributed by atoms with van der Waals surface area (Å²) >= 11 is 0. The van der Waals surface area contributed by atoms with Crippen LogP contribution < -0.4 is 0 Å². The normalized spacial score (nSPS) is 21.7. The second-order valence-corrected chi connectivity index (χ2v) is 19.7. The van der Waals surface area contributed by atoms with E-state index >= 15 is 0 Å². The number of phosphoric ester groups is 1. The van der Waals surface area contributed by atoms with Gasteiger partial charge in [0.15, 0.2) is 0 Å². The predicted octanol–water partition coefficient (Wildman–Crippen LogP) is 12.3. The number of hydrogen-bond donors (Lipinski definition) is 6.